The number of hydrogen-bond donors (Lipinski definition) is 2. The zero-order chi connectivity index (χ0) is 9.42. The molecule has 66 valence electrons. The molecule has 0 aromatic carbocycles. The van der Waals surface area contributed by atoms with Crippen LogP contribution in [0, 0.1) is 0 Å². The van der Waals surface area contributed by atoms with E-state index in [1.807, 2.05) is 0 Å². The number of carboxylic acid groups (broad SMARTS) is 1. The first-order valence-corrected chi connectivity index (χ1v) is 3.39. The van der Waals surface area contributed by atoms with E-state index in [-0.39, 0.29) is 16.9 Å². The maximum atomic E-state index is 11.1. The Labute approximate surface area is 70.8 Å². The monoisotopic (exact) mass is 180 g/mol. The predicted octanol–water partition coefficient (Wildman–Crippen LogP) is 0.214. The highest BCUT2D eigenvalue weighted by atomic mass is 16.4. The largest absolute Gasteiger partial charge is 0.475 e. The number of aromatic nitrogens is 2. The van der Waals surface area contributed by atoms with Crippen molar-refractivity contribution in [3.05, 3.63) is 28.5 Å². The third-order valence-corrected chi connectivity index (χ3v) is 1.52. The molecule has 2 rings (SSSR count). The molecule has 0 aliphatic rings. The number of carbonyl (C=O) groups is 1. The first-order chi connectivity index (χ1) is 6.18. The zero-order valence-electron chi connectivity index (χ0n) is 6.27. The van der Waals surface area contributed by atoms with E-state index in [1.54, 1.807) is 0 Å². The lowest BCUT2D eigenvalue weighted by atomic mass is 10.4. The smallest absolute Gasteiger partial charge is 0.372 e. The van der Waals surface area contributed by atoms with Crippen LogP contribution in [-0.2, 0) is 0 Å². The van der Waals surface area contributed by atoms with E-state index >= 15 is 0 Å². The molecule has 13 heavy (non-hydrogen) atoms. The quantitative estimate of drug-likeness (QED) is 0.654. The minimum absolute atomic E-state index is 0.0324. The van der Waals surface area contributed by atoms with Crippen LogP contribution >= 0.6 is 0 Å². The summed E-state index contributed by atoms with van der Waals surface area (Å²) in [5.41, 5.74) is -0.321. The van der Waals surface area contributed by atoms with Gasteiger partial charge >= 0.3 is 5.97 Å². The molecule has 0 radical (unpaired) electrons. The Morgan fingerprint density at radius 3 is 3.08 bits per heavy atom. The highest BCUT2D eigenvalue weighted by Crippen LogP contribution is 2.06. The van der Waals surface area contributed by atoms with Crippen LogP contribution in [0.4, 0.5) is 0 Å². The molecule has 0 saturated heterocycles. The lowest BCUT2D eigenvalue weighted by Crippen LogP contribution is -2.14. The number of hydrogen-bond acceptors (Lipinski definition) is 4. The van der Waals surface area contributed by atoms with E-state index in [9.17, 15) is 9.59 Å². The molecule has 0 aliphatic carbocycles. The molecule has 2 N–H and O–H groups in total. The molecule has 6 nitrogen and oxygen atoms in total. The Morgan fingerprint density at radius 1 is 1.62 bits per heavy atom. The van der Waals surface area contributed by atoms with Gasteiger partial charge in [-0.25, -0.2) is 9.78 Å². The summed E-state index contributed by atoms with van der Waals surface area (Å²) < 4.78 is 4.78. The van der Waals surface area contributed by atoms with Gasteiger partial charge in [-0.15, -0.1) is 0 Å². The number of aromatic carboxylic acids is 1. The fraction of sp³-hybridized carbons (Fsp3) is 0. The van der Waals surface area contributed by atoms with Crippen molar-refractivity contribution in [3.8, 4) is 0 Å². The van der Waals surface area contributed by atoms with Gasteiger partial charge in [-0.1, -0.05) is 0 Å². The van der Waals surface area contributed by atoms with Gasteiger partial charge in [0, 0.05) is 6.07 Å². The topological polar surface area (TPSA) is 96.2 Å². The van der Waals surface area contributed by atoms with Crippen molar-refractivity contribution >= 4 is 17.1 Å². The summed E-state index contributed by atoms with van der Waals surface area (Å²) in [5.74, 6) is -1.67. The number of fused-ring (bicyclic) bond motifs is 1. The van der Waals surface area contributed by atoms with Crippen molar-refractivity contribution in [2.45, 2.75) is 0 Å². The van der Waals surface area contributed by atoms with Crippen molar-refractivity contribution < 1.29 is 14.3 Å². The Kier molecular flexibility index (Phi) is 1.42. The van der Waals surface area contributed by atoms with E-state index in [0.717, 1.165) is 0 Å². The third kappa shape index (κ3) is 1.08. The Bertz CT molecular complexity index is 525. The minimum Gasteiger partial charge on any atom is -0.475 e. The molecule has 0 bridgehead atoms. The van der Waals surface area contributed by atoms with Crippen molar-refractivity contribution in [1.29, 1.82) is 0 Å². The van der Waals surface area contributed by atoms with Crippen LogP contribution < -0.4 is 5.56 Å². The minimum atomic E-state index is -1.28. The molecule has 2 aromatic rings. The number of H-pyrrole nitrogens is 1. The average Bonchev–Trinajstić information content (AvgIpc) is 2.51. The summed E-state index contributed by atoms with van der Waals surface area (Å²) in [6.07, 6.45) is 1.28. The number of furan rings is 1. The van der Waals surface area contributed by atoms with Crippen LogP contribution in [0.5, 0.6) is 0 Å². The number of rotatable bonds is 1. The van der Waals surface area contributed by atoms with Gasteiger partial charge in [0.2, 0.25) is 11.4 Å². The summed E-state index contributed by atoms with van der Waals surface area (Å²) >= 11 is 0. The first-order valence-electron chi connectivity index (χ1n) is 3.39. The molecule has 0 atom stereocenters. The van der Waals surface area contributed by atoms with E-state index in [4.69, 9.17) is 9.52 Å². The van der Waals surface area contributed by atoms with Crippen LogP contribution in [0.3, 0.4) is 0 Å². The van der Waals surface area contributed by atoms with E-state index in [0.29, 0.717) is 0 Å². The lowest BCUT2D eigenvalue weighted by molar-refractivity contribution is 0.0683. The Morgan fingerprint density at radius 2 is 2.38 bits per heavy atom. The second-order valence-corrected chi connectivity index (χ2v) is 2.35. The number of carboxylic acids is 1. The summed E-state index contributed by atoms with van der Waals surface area (Å²) in [6.45, 7) is 0. The maximum Gasteiger partial charge on any atom is 0.372 e. The zero-order valence-corrected chi connectivity index (χ0v) is 6.27. The SMILES string of the molecule is O=C(O)c1nc2ccoc2c(=O)[nH]1. The summed E-state index contributed by atoms with van der Waals surface area (Å²) in [5, 5.41) is 8.54. The molecule has 2 heterocycles. The average molecular weight is 180 g/mol. The first kappa shape index (κ1) is 7.53. The molecule has 0 saturated carbocycles. The highest BCUT2D eigenvalue weighted by molar-refractivity contribution is 5.85. The maximum absolute atomic E-state index is 11.1. The van der Waals surface area contributed by atoms with Crippen LogP contribution in [0.25, 0.3) is 11.1 Å². The number of aromatic amines is 1. The summed E-state index contributed by atoms with van der Waals surface area (Å²) in [7, 11) is 0. The van der Waals surface area contributed by atoms with Gasteiger partial charge in [0.15, 0.2) is 0 Å². The fourth-order valence-corrected chi connectivity index (χ4v) is 0.974. The summed E-state index contributed by atoms with van der Waals surface area (Å²) in [6, 6.07) is 1.43. The number of nitrogens with one attached hydrogen (secondary N) is 1. The molecule has 6 heteroatoms. The van der Waals surface area contributed by atoms with Gasteiger partial charge in [0.1, 0.15) is 5.52 Å². The van der Waals surface area contributed by atoms with Crippen LogP contribution in [0.1, 0.15) is 10.6 Å². The lowest BCUT2D eigenvalue weighted by Gasteiger charge is -1.91. The van der Waals surface area contributed by atoms with Crippen molar-refractivity contribution in [2.24, 2.45) is 0 Å². The van der Waals surface area contributed by atoms with Crippen molar-refractivity contribution in [1.82, 2.24) is 9.97 Å². The van der Waals surface area contributed by atoms with Gasteiger partial charge in [0.05, 0.1) is 6.26 Å². The molecule has 0 aliphatic heterocycles. The standard InChI is InChI=1S/C7H4N2O4/c10-6-4-3(1-2-13-4)8-5(9-6)7(11)12/h1-2H,(H,11,12)(H,8,9,10). The second kappa shape index (κ2) is 2.44. The molecule has 0 amide bonds. The van der Waals surface area contributed by atoms with Gasteiger partial charge in [-0.05, 0) is 0 Å². The van der Waals surface area contributed by atoms with Crippen molar-refractivity contribution in [2.75, 3.05) is 0 Å². The van der Waals surface area contributed by atoms with Crippen LogP contribution in [0.2, 0.25) is 0 Å². The Balaban J connectivity index is 2.85. The summed E-state index contributed by atoms with van der Waals surface area (Å²) in [4.78, 5) is 27.3. The van der Waals surface area contributed by atoms with Crippen LogP contribution in [-0.4, -0.2) is 21.0 Å². The molecular formula is C7H4N2O4. The van der Waals surface area contributed by atoms with Gasteiger partial charge in [-0.3, -0.25) is 9.78 Å². The second-order valence-electron chi connectivity index (χ2n) is 2.35. The Hall–Kier alpha value is -2.11. The van der Waals surface area contributed by atoms with Gasteiger partial charge in [0.25, 0.3) is 5.56 Å². The molecule has 0 spiro atoms. The van der Waals surface area contributed by atoms with E-state index in [2.05, 4.69) is 9.97 Å². The molecule has 0 fully saturated rings. The third-order valence-electron chi connectivity index (χ3n) is 1.52. The predicted molar refractivity (Wildman–Crippen MR) is 41.6 cm³/mol. The van der Waals surface area contributed by atoms with Crippen molar-refractivity contribution in [3.63, 3.8) is 0 Å². The van der Waals surface area contributed by atoms with Gasteiger partial charge in [-0.2, -0.15) is 0 Å². The molecular weight excluding hydrogens is 176 g/mol. The van der Waals surface area contributed by atoms with Gasteiger partial charge < -0.3 is 9.52 Å². The molecule has 2 aromatic heterocycles. The normalized spacial score (nSPS) is 10.5. The van der Waals surface area contributed by atoms with E-state index in [1.165, 1.54) is 12.3 Å². The number of nitrogens with zero attached hydrogens (tertiary/aromatic N) is 1. The van der Waals surface area contributed by atoms with Crippen LogP contribution in [0.15, 0.2) is 21.5 Å². The fourth-order valence-electron chi connectivity index (χ4n) is 0.974. The highest BCUT2D eigenvalue weighted by Gasteiger charge is 2.10. The molecule has 0 unspecified atom stereocenters. The van der Waals surface area contributed by atoms with E-state index < -0.39 is 11.5 Å².